The molecule has 0 aromatic carbocycles. The summed E-state index contributed by atoms with van der Waals surface area (Å²) >= 11 is 0. The molecule has 1 N–H and O–H groups in total. The van der Waals surface area contributed by atoms with E-state index in [1.165, 1.54) is 0 Å². The Bertz CT molecular complexity index is 629. The number of likely N-dealkylation sites (tertiary alicyclic amines) is 1. The molecule has 116 valence electrons. The van der Waals surface area contributed by atoms with Gasteiger partial charge >= 0.3 is 0 Å². The molecule has 0 spiro atoms. The molecule has 1 atom stereocenters. The van der Waals surface area contributed by atoms with Crippen molar-refractivity contribution in [3.63, 3.8) is 0 Å². The fraction of sp³-hybridized carbons (Fsp3) is 0.467. The summed E-state index contributed by atoms with van der Waals surface area (Å²) < 4.78 is 4.91. The third kappa shape index (κ3) is 3.14. The van der Waals surface area contributed by atoms with Gasteiger partial charge in [-0.05, 0) is 24.8 Å². The Balaban J connectivity index is 1.69. The van der Waals surface area contributed by atoms with Crippen LogP contribution in [0.1, 0.15) is 12.1 Å². The number of rotatable bonds is 5. The standard InChI is InChI=1S/C15H19N5O2/c1-22-10-14(21)20-7-3-11(9-20)8-13-15(17-6-5-16-13)12-2-4-18-19-12/h2,4-6,11H,3,7-10H2,1H3,(H,18,19)/t11-/m1/s1. The van der Waals surface area contributed by atoms with Gasteiger partial charge in [-0.3, -0.25) is 19.9 Å². The number of carbonyl (C=O) groups excluding carboxylic acids is 1. The molecular weight excluding hydrogens is 282 g/mol. The van der Waals surface area contributed by atoms with E-state index in [4.69, 9.17) is 4.74 Å². The first-order chi connectivity index (χ1) is 10.8. The van der Waals surface area contributed by atoms with Gasteiger partial charge in [-0.2, -0.15) is 5.10 Å². The molecule has 1 fully saturated rings. The first-order valence-electron chi connectivity index (χ1n) is 7.34. The number of ether oxygens (including phenoxy) is 1. The lowest BCUT2D eigenvalue weighted by molar-refractivity contribution is -0.134. The number of aromatic amines is 1. The van der Waals surface area contributed by atoms with Gasteiger partial charge in [0.05, 0.1) is 11.4 Å². The summed E-state index contributed by atoms with van der Waals surface area (Å²) in [5.74, 6) is 0.456. The molecule has 1 saturated heterocycles. The maximum atomic E-state index is 11.9. The van der Waals surface area contributed by atoms with E-state index >= 15 is 0 Å². The highest BCUT2D eigenvalue weighted by Crippen LogP contribution is 2.24. The summed E-state index contributed by atoms with van der Waals surface area (Å²) in [6.07, 6.45) is 6.88. The molecule has 22 heavy (non-hydrogen) atoms. The minimum absolute atomic E-state index is 0.0536. The molecule has 0 aliphatic carbocycles. The second-order valence-electron chi connectivity index (χ2n) is 5.45. The number of nitrogens with zero attached hydrogens (tertiary/aromatic N) is 4. The molecule has 0 unspecified atom stereocenters. The monoisotopic (exact) mass is 301 g/mol. The summed E-state index contributed by atoms with van der Waals surface area (Å²) in [4.78, 5) is 22.6. The molecular formula is C15H19N5O2. The first-order valence-corrected chi connectivity index (χ1v) is 7.34. The van der Waals surface area contributed by atoms with Crippen molar-refractivity contribution in [2.75, 3.05) is 26.8 Å². The Kier molecular flexibility index (Phi) is 4.43. The van der Waals surface area contributed by atoms with Crippen LogP contribution in [0.4, 0.5) is 0 Å². The van der Waals surface area contributed by atoms with Crippen LogP contribution in [0.2, 0.25) is 0 Å². The zero-order valence-corrected chi connectivity index (χ0v) is 12.5. The number of methoxy groups -OCH3 is 1. The maximum Gasteiger partial charge on any atom is 0.248 e. The molecule has 0 saturated carbocycles. The van der Waals surface area contributed by atoms with Crippen LogP contribution in [0.5, 0.6) is 0 Å². The van der Waals surface area contributed by atoms with Gasteiger partial charge in [-0.25, -0.2) is 0 Å². The second-order valence-corrected chi connectivity index (χ2v) is 5.45. The van der Waals surface area contributed by atoms with Crippen molar-refractivity contribution in [1.29, 1.82) is 0 Å². The number of H-pyrrole nitrogens is 1. The summed E-state index contributed by atoms with van der Waals surface area (Å²) in [5.41, 5.74) is 2.65. The second kappa shape index (κ2) is 6.65. The van der Waals surface area contributed by atoms with Gasteiger partial charge in [0.1, 0.15) is 12.3 Å². The molecule has 0 radical (unpaired) electrons. The zero-order chi connectivity index (χ0) is 15.4. The van der Waals surface area contributed by atoms with Crippen LogP contribution in [0.3, 0.4) is 0 Å². The van der Waals surface area contributed by atoms with Gasteiger partial charge in [-0.15, -0.1) is 0 Å². The van der Waals surface area contributed by atoms with Crippen molar-refractivity contribution in [3.8, 4) is 11.4 Å². The van der Waals surface area contributed by atoms with Crippen LogP contribution >= 0.6 is 0 Å². The van der Waals surface area contributed by atoms with Crippen LogP contribution < -0.4 is 0 Å². The lowest BCUT2D eigenvalue weighted by Crippen LogP contribution is -2.31. The van der Waals surface area contributed by atoms with E-state index in [9.17, 15) is 4.79 Å². The van der Waals surface area contributed by atoms with Crippen molar-refractivity contribution in [1.82, 2.24) is 25.1 Å². The highest BCUT2D eigenvalue weighted by Gasteiger charge is 2.27. The fourth-order valence-corrected chi connectivity index (χ4v) is 2.84. The van der Waals surface area contributed by atoms with Gasteiger partial charge in [-0.1, -0.05) is 0 Å². The van der Waals surface area contributed by atoms with E-state index in [0.717, 1.165) is 43.0 Å². The molecule has 2 aromatic heterocycles. The number of hydrogen-bond donors (Lipinski definition) is 1. The number of carbonyl (C=O) groups is 1. The molecule has 0 bridgehead atoms. The number of hydrogen-bond acceptors (Lipinski definition) is 5. The van der Waals surface area contributed by atoms with Crippen LogP contribution in [-0.4, -0.2) is 57.8 Å². The van der Waals surface area contributed by atoms with Gasteiger partial charge in [0.15, 0.2) is 0 Å². The highest BCUT2D eigenvalue weighted by molar-refractivity contribution is 5.77. The van der Waals surface area contributed by atoms with Crippen LogP contribution in [0, 0.1) is 5.92 Å². The van der Waals surface area contributed by atoms with Crippen molar-refractivity contribution in [2.45, 2.75) is 12.8 Å². The van der Waals surface area contributed by atoms with Crippen LogP contribution in [0.25, 0.3) is 11.4 Å². The zero-order valence-electron chi connectivity index (χ0n) is 12.5. The Morgan fingerprint density at radius 2 is 2.27 bits per heavy atom. The number of nitrogens with one attached hydrogen (secondary N) is 1. The molecule has 1 aliphatic heterocycles. The van der Waals surface area contributed by atoms with Crippen molar-refractivity contribution >= 4 is 5.91 Å². The Morgan fingerprint density at radius 3 is 3.05 bits per heavy atom. The molecule has 7 nitrogen and oxygen atoms in total. The van der Waals surface area contributed by atoms with Gasteiger partial charge < -0.3 is 9.64 Å². The molecule has 1 aliphatic rings. The van der Waals surface area contributed by atoms with E-state index in [1.54, 1.807) is 25.7 Å². The lowest BCUT2D eigenvalue weighted by atomic mass is 10.0. The Hall–Kier alpha value is -2.28. The number of aromatic nitrogens is 4. The topological polar surface area (TPSA) is 84.0 Å². The van der Waals surface area contributed by atoms with Crippen molar-refractivity contribution < 1.29 is 9.53 Å². The SMILES string of the molecule is COCC(=O)N1CC[C@H](Cc2nccnc2-c2ccn[nH]2)C1. The van der Waals surface area contributed by atoms with E-state index < -0.39 is 0 Å². The molecule has 3 rings (SSSR count). The first kappa shape index (κ1) is 14.6. The number of amides is 1. The van der Waals surface area contributed by atoms with Crippen LogP contribution in [0.15, 0.2) is 24.7 Å². The lowest BCUT2D eigenvalue weighted by Gasteiger charge is -2.16. The van der Waals surface area contributed by atoms with Crippen molar-refractivity contribution in [3.05, 3.63) is 30.4 Å². The molecule has 7 heteroatoms. The third-order valence-electron chi connectivity index (χ3n) is 3.92. The molecule has 3 heterocycles. The van der Waals surface area contributed by atoms with E-state index in [0.29, 0.717) is 5.92 Å². The smallest absolute Gasteiger partial charge is 0.248 e. The minimum atomic E-state index is 0.0536. The summed E-state index contributed by atoms with van der Waals surface area (Å²) in [5, 5.41) is 6.90. The van der Waals surface area contributed by atoms with Gasteiger partial charge in [0, 0.05) is 38.8 Å². The minimum Gasteiger partial charge on any atom is -0.375 e. The van der Waals surface area contributed by atoms with E-state index in [2.05, 4.69) is 20.2 Å². The van der Waals surface area contributed by atoms with Gasteiger partial charge in [0.25, 0.3) is 0 Å². The summed E-state index contributed by atoms with van der Waals surface area (Å²) in [7, 11) is 1.54. The normalized spacial score (nSPS) is 17.9. The Morgan fingerprint density at radius 1 is 1.41 bits per heavy atom. The predicted octanol–water partition coefficient (Wildman–Crippen LogP) is 0.904. The largest absolute Gasteiger partial charge is 0.375 e. The van der Waals surface area contributed by atoms with Crippen LogP contribution in [-0.2, 0) is 16.0 Å². The molecule has 1 amide bonds. The van der Waals surface area contributed by atoms with Crippen molar-refractivity contribution in [2.24, 2.45) is 5.92 Å². The average molecular weight is 301 g/mol. The van der Waals surface area contributed by atoms with E-state index in [-0.39, 0.29) is 12.5 Å². The average Bonchev–Trinajstić information content (AvgIpc) is 3.19. The maximum absolute atomic E-state index is 11.9. The highest BCUT2D eigenvalue weighted by atomic mass is 16.5. The predicted molar refractivity (Wildman–Crippen MR) is 79.9 cm³/mol. The Labute approximate surface area is 128 Å². The summed E-state index contributed by atoms with van der Waals surface area (Å²) in [6.45, 7) is 1.69. The third-order valence-corrected chi connectivity index (χ3v) is 3.92. The fourth-order valence-electron chi connectivity index (χ4n) is 2.84. The van der Waals surface area contributed by atoms with Gasteiger partial charge in [0.2, 0.25) is 5.91 Å². The van der Waals surface area contributed by atoms with E-state index in [1.807, 2.05) is 11.0 Å². The quantitative estimate of drug-likeness (QED) is 0.887. The summed E-state index contributed by atoms with van der Waals surface area (Å²) in [6, 6.07) is 1.89. The molecule has 2 aromatic rings.